The first-order valence-corrected chi connectivity index (χ1v) is 11.5. The van der Waals surface area contributed by atoms with E-state index in [0.717, 1.165) is 18.0 Å². The van der Waals surface area contributed by atoms with Crippen LogP contribution >= 0.6 is 23.1 Å². The van der Waals surface area contributed by atoms with E-state index in [1.165, 1.54) is 31.9 Å². The molecule has 8 nitrogen and oxygen atoms in total. The summed E-state index contributed by atoms with van der Waals surface area (Å²) in [5, 5.41) is 9.36. The lowest BCUT2D eigenvalue weighted by molar-refractivity contribution is 0.157. The molecule has 0 saturated heterocycles. The van der Waals surface area contributed by atoms with Crippen molar-refractivity contribution < 1.29 is 4.39 Å². The maximum absolute atomic E-state index is 15.5. The second-order valence-corrected chi connectivity index (χ2v) is 9.21. The molecule has 11 heteroatoms. The highest BCUT2D eigenvalue weighted by Gasteiger charge is 2.36. The van der Waals surface area contributed by atoms with Crippen molar-refractivity contribution in [2.24, 2.45) is 11.8 Å². The Hall–Kier alpha value is -2.72. The average molecular weight is 457 g/mol. The Kier molecular flexibility index (Phi) is 4.57. The van der Waals surface area contributed by atoms with Gasteiger partial charge in [-0.15, -0.1) is 5.10 Å². The van der Waals surface area contributed by atoms with Crippen LogP contribution in [0.25, 0.3) is 33.9 Å². The minimum absolute atomic E-state index is 0.117. The zero-order valence-corrected chi connectivity index (χ0v) is 17.9. The minimum atomic E-state index is -0.512. The molecule has 3 aliphatic rings. The van der Waals surface area contributed by atoms with Crippen molar-refractivity contribution in [3.8, 4) is 22.8 Å². The lowest BCUT2D eigenvalue weighted by atomic mass is 9.68. The number of aromatic amines is 1. The monoisotopic (exact) mass is 456 g/mol. The molecular weight excluding hydrogens is 439 g/mol. The highest BCUT2D eigenvalue weighted by molar-refractivity contribution is 7.03. The molecule has 0 aromatic carbocycles. The van der Waals surface area contributed by atoms with Crippen molar-refractivity contribution in [3.63, 3.8) is 0 Å². The lowest BCUT2D eigenvalue weighted by Gasteiger charge is -2.42. The van der Waals surface area contributed by atoms with Gasteiger partial charge in [0, 0.05) is 17.6 Å². The molecule has 3 fully saturated rings. The number of aromatic nitrogens is 7. The van der Waals surface area contributed by atoms with Gasteiger partial charge in [0.05, 0.1) is 11.8 Å². The van der Waals surface area contributed by atoms with Crippen LogP contribution in [0.1, 0.15) is 32.1 Å². The SMILES string of the molecule is Fc1c(N[C@@H]2CC3CCC2CC3)nc(-c2c[nH]c3ncc(Cl)nc23)nc1-c1csnn1. The summed E-state index contributed by atoms with van der Waals surface area (Å²) in [6.07, 6.45) is 9.13. The van der Waals surface area contributed by atoms with E-state index in [0.29, 0.717) is 40.1 Å². The van der Waals surface area contributed by atoms with E-state index in [1.54, 1.807) is 11.6 Å². The van der Waals surface area contributed by atoms with Gasteiger partial charge in [-0.2, -0.15) is 0 Å². The molecule has 4 aromatic rings. The Bertz CT molecular complexity index is 1250. The third kappa shape index (κ3) is 3.34. The predicted octanol–water partition coefficient (Wildman–Crippen LogP) is 4.72. The van der Waals surface area contributed by atoms with Crippen molar-refractivity contribution in [3.05, 3.63) is 28.7 Å². The molecule has 158 valence electrons. The smallest absolute Gasteiger partial charge is 0.193 e. The molecule has 0 aliphatic heterocycles. The summed E-state index contributed by atoms with van der Waals surface area (Å²) in [6, 6.07) is 0.211. The van der Waals surface area contributed by atoms with Crippen molar-refractivity contribution in [2.45, 2.75) is 38.1 Å². The van der Waals surface area contributed by atoms with Crippen LogP contribution in [0.5, 0.6) is 0 Å². The number of halogens is 2. The summed E-state index contributed by atoms with van der Waals surface area (Å²) in [6.45, 7) is 0. The molecule has 0 radical (unpaired) electrons. The van der Waals surface area contributed by atoms with Gasteiger partial charge in [-0.1, -0.05) is 28.9 Å². The number of nitrogens with one attached hydrogen (secondary N) is 2. The first-order valence-electron chi connectivity index (χ1n) is 10.3. The molecule has 4 aromatic heterocycles. The molecule has 2 bridgehead atoms. The number of hydrogen-bond donors (Lipinski definition) is 2. The van der Waals surface area contributed by atoms with Gasteiger partial charge in [0.15, 0.2) is 23.1 Å². The second kappa shape index (κ2) is 7.45. The average Bonchev–Trinajstić information content (AvgIpc) is 3.46. The number of H-pyrrole nitrogens is 1. The third-order valence-electron chi connectivity index (χ3n) is 6.42. The zero-order chi connectivity index (χ0) is 20.9. The molecule has 0 amide bonds. The summed E-state index contributed by atoms with van der Waals surface area (Å²) in [5.41, 5.74) is 2.19. The van der Waals surface area contributed by atoms with E-state index in [-0.39, 0.29) is 22.7 Å². The summed E-state index contributed by atoms with van der Waals surface area (Å²) in [4.78, 5) is 20.7. The largest absolute Gasteiger partial charge is 0.364 e. The van der Waals surface area contributed by atoms with E-state index < -0.39 is 5.82 Å². The molecule has 4 heterocycles. The van der Waals surface area contributed by atoms with Crippen LogP contribution in [0.2, 0.25) is 5.15 Å². The number of hydrogen-bond acceptors (Lipinski definition) is 8. The fourth-order valence-electron chi connectivity index (χ4n) is 4.87. The molecule has 0 unspecified atom stereocenters. The van der Waals surface area contributed by atoms with Crippen molar-refractivity contribution >= 4 is 40.1 Å². The van der Waals surface area contributed by atoms with Crippen LogP contribution in [0.4, 0.5) is 10.2 Å². The van der Waals surface area contributed by atoms with Crippen LogP contribution in [0.15, 0.2) is 17.8 Å². The summed E-state index contributed by atoms with van der Waals surface area (Å²) >= 11 is 7.20. The van der Waals surface area contributed by atoms with Gasteiger partial charge < -0.3 is 10.3 Å². The number of fused-ring (bicyclic) bond motifs is 4. The highest BCUT2D eigenvalue weighted by atomic mass is 35.5. The van der Waals surface area contributed by atoms with Gasteiger partial charge in [-0.05, 0) is 42.6 Å². The van der Waals surface area contributed by atoms with Crippen LogP contribution in [0.3, 0.4) is 0 Å². The Morgan fingerprint density at radius 1 is 1.16 bits per heavy atom. The molecule has 1 atom stereocenters. The van der Waals surface area contributed by atoms with Gasteiger partial charge in [-0.3, -0.25) is 0 Å². The molecule has 31 heavy (non-hydrogen) atoms. The van der Waals surface area contributed by atoms with Crippen LogP contribution in [0, 0.1) is 17.7 Å². The molecule has 7 rings (SSSR count). The van der Waals surface area contributed by atoms with Crippen LogP contribution in [-0.4, -0.2) is 40.5 Å². The van der Waals surface area contributed by atoms with Gasteiger partial charge >= 0.3 is 0 Å². The molecular formula is C20H18ClFN8S. The maximum atomic E-state index is 15.5. The normalized spacial score (nSPS) is 22.8. The lowest BCUT2D eigenvalue weighted by Crippen LogP contribution is -2.40. The maximum Gasteiger partial charge on any atom is 0.193 e. The summed E-state index contributed by atoms with van der Waals surface area (Å²) in [5.74, 6) is 1.26. The van der Waals surface area contributed by atoms with E-state index in [2.05, 4.69) is 39.8 Å². The van der Waals surface area contributed by atoms with Crippen LogP contribution < -0.4 is 5.32 Å². The predicted molar refractivity (Wildman–Crippen MR) is 116 cm³/mol. The Labute approximate surface area is 185 Å². The standard InChI is InChI=1S/C20H18ClFN8S/c21-14-7-24-20-16(26-14)11(6-23-20)18-27-17(13-8-31-30-29-13)15(22)19(28-18)25-12-5-9-1-3-10(12)4-2-9/h6-10,12H,1-5H2,(H,23,24)(H,25,27,28)/t9?,10?,12-/m1/s1. The van der Waals surface area contributed by atoms with Crippen LogP contribution in [-0.2, 0) is 0 Å². The van der Waals surface area contributed by atoms with Crippen molar-refractivity contribution in [1.82, 2.24) is 34.5 Å². The number of nitrogens with zero attached hydrogens (tertiary/aromatic N) is 6. The molecule has 2 N–H and O–H groups in total. The Balaban J connectivity index is 1.47. The van der Waals surface area contributed by atoms with Gasteiger partial charge in [0.1, 0.15) is 22.1 Å². The summed E-state index contributed by atoms with van der Waals surface area (Å²) < 4.78 is 19.4. The minimum Gasteiger partial charge on any atom is -0.364 e. The van der Waals surface area contributed by atoms with E-state index in [1.807, 2.05) is 0 Å². The number of rotatable bonds is 4. The van der Waals surface area contributed by atoms with Gasteiger partial charge in [0.2, 0.25) is 0 Å². The summed E-state index contributed by atoms with van der Waals surface area (Å²) in [7, 11) is 0. The Morgan fingerprint density at radius 2 is 2.03 bits per heavy atom. The van der Waals surface area contributed by atoms with Crippen molar-refractivity contribution in [2.75, 3.05) is 5.32 Å². The van der Waals surface area contributed by atoms with Gasteiger partial charge in [-0.25, -0.2) is 24.3 Å². The van der Waals surface area contributed by atoms with E-state index >= 15 is 4.39 Å². The third-order valence-corrected chi connectivity index (χ3v) is 7.10. The number of anilines is 1. The Morgan fingerprint density at radius 3 is 2.77 bits per heavy atom. The molecule has 3 saturated carbocycles. The quantitative estimate of drug-likeness (QED) is 0.457. The topological polar surface area (TPSA) is 105 Å². The van der Waals surface area contributed by atoms with E-state index in [4.69, 9.17) is 11.6 Å². The van der Waals surface area contributed by atoms with E-state index in [9.17, 15) is 0 Å². The second-order valence-electron chi connectivity index (χ2n) is 8.21. The first kappa shape index (κ1) is 19.0. The van der Waals surface area contributed by atoms with Crippen molar-refractivity contribution in [1.29, 1.82) is 0 Å². The highest BCUT2D eigenvalue weighted by Crippen LogP contribution is 2.43. The first-order chi connectivity index (χ1) is 15.2. The molecule has 0 spiro atoms. The van der Waals surface area contributed by atoms with Gasteiger partial charge in [0.25, 0.3) is 0 Å². The molecule has 3 aliphatic carbocycles. The fourth-order valence-corrected chi connectivity index (χ4v) is 5.45. The zero-order valence-electron chi connectivity index (χ0n) is 16.3. The fraction of sp³-hybridized carbons (Fsp3) is 0.400.